The molecule has 1 saturated heterocycles. The van der Waals surface area contributed by atoms with E-state index in [0.29, 0.717) is 0 Å². The van der Waals surface area contributed by atoms with Gasteiger partial charge in [0.05, 0.1) is 6.61 Å². The minimum absolute atomic E-state index is 0.0673. The minimum atomic E-state index is -1.43. The number of aliphatic carboxylic acids is 1. The number of carbonyl (C=O) groups excluding carboxylic acids is 2. The molecule has 4 rings (SSSR count). The fourth-order valence-corrected chi connectivity index (χ4v) is 4.75. The molecule has 2 aliphatic rings. The summed E-state index contributed by atoms with van der Waals surface area (Å²) in [5, 5.41) is 15.0. The Morgan fingerprint density at radius 1 is 1.09 bits per heavy atom. The zero-order valence-electron chi connectivity index (χ0n) is 20.3. The number of ether oxygens (including phenoxy) is 2. The maximum atomic E-state index is 12.8. The van der Waals surface area contributed by atoms with Crippen LogP contribution in [-0.4, -0.2) is 54.5 Å². The van der Waals surface area contributed by atoms with Crippen LogP contribution in [0.2, 0.25) is 0 Å². The van der Waals surface area contributed by atoms with Gasteiger partial charge < -0.3 is 25.2 Å². The summed E-state index contributed by atoms with van der Waals surface area (Å²) in [6.07, 6.45) is -0.492. The van der Waals surface area contributed by atoms with Crippen molar-refractivity contribution in [3.63, 3.8) is 0 Å². The first kappa shape index (κ1) is 24.7. The summed E-state index contributed by atoms with van der Waals surface area (Å²) in [6, 6.07) is 15.6. The summed E-state index contributed by atoms with van der Waals surface area (Å²) in [5.41, 5.74) is 2.63. The fraction of sp³-hybridized carbons (Fsp3) is 0.444. The molecule has 0 aromatic heterocycles. The molecule has 2 amide bonds. The van der Waals surface area contributed by atoms with Crippen LogP contribution >= 0.6 is 0 Å². The number of hydrogen-bond donors (Lipinski definition) is 3. The van der Waals surface area contributed by atoms with E-state index in [4.69, 9.17) is 9.47 Å². The molecule has 1 aliphatic heterocycles. The summed E-state index contributed by atoms with van der Waals surface area (Å²) >= 11 is 0. The van der Waals surface area contributed by atoms with Crippen LogP contribution in [0.1, 0.15) is 50.7 Å². The van der Waals surface area contributed by atoms with Crippen molar-refractivity contribution in [3.05, 3.63) is 59.7 Å². The third kappa shape index (κ3) is 5.17. The molecule has 0 radical (unpaired) electrons. The lowest BCUT2D eigenvalue weighted by Crippen LogP contribution is -2.57. The number of alkyl carbamates (subject to hydrolysis) is 1. The monoisotopic (exact) mass is 480 g/mol. The SMILES string of the molecule is CC(C)(C)C(CC(=O)NC1(C(=O)O)CCOC1)NC(=O)OCC1c2ccccc2-c2ccccc21. The van der Waals surface area contributed by atoms with Gasteiger partial charge in [0.1, 0.15) is 6.61 Å². The molecule has 0 bridgehead atoms. The second-order valence-electron chi connectivity index (χ2n) is 10.3. The number of rotatable bonds is 7. The Kier molecular flexibility index (Phi) is 6.85. The molecule has 3 N–H and O–H groups in total. The van der Waals surface area contributed by atoms with E-state index in [1.165, 1.54) is 0 Å². The molecule has 0 spiro atoms. The molecular weight excluding hydrogens is 448 g/mol. The van der Waals surface area contributed by atoms with Crippen molar-refractivity contribution in [2.75, 3.05) is 19.8 Å². The summed E-state index contributed by atoms with van der Waals surface area (Å²) in [6.45, 7) is 6.07. The number of carboxylic acids is 1. The number of carbonyl (C=O) groups is 3. The first-order valence-corrected chi connectivity index (χ1v) is 11.8. The van der Waals surface area contributed by atoms with Crippen LogP contribution in [0.15, 0.2) is 48.5 Å². The smallest absolute Gasteiger partial charge is 0.407 e. The Morgan fingerprint density at radius 2 is 1.69 bits per heavy atom. The van der Waals surface area contributed by atoms with E-state index < -0.39 is 35.0 Å². The summed E-state index contributed by atoms with van der Waals surface area (Å²) < 4.78 is 10.8. The number of fused-ring (bicyclic) bond motifs is 3. The Balaban J connectivity index is 1.40. The van der Waals surface area contributed by atoms with Crippen molar-refractivity contribution in [2.45, 2.75) is 51.1 Å². The zero-order chi connectivity index (χ0) is 25.2. The number of nitrogens with one attached hydrogen (secondary N) is 2. The average molecular weight is 481 g/mol. The molecule has 2 unspecified atom stereocenters. The van der Waals surface area contributed by atoms with Gasteiger partial charge in [0.25, 0.3) is 0 Å². The lowest BCUT2D eigenvalue weighted by molar-refractivity contribution is -0.147. The second kappa shape index (κ2) is 9.70. The molecule has 8 nitrogen and oxygen atoms in total. The molecule has 2 aromatic rings. The van der Waals surface area contributed by atoms with Gasteiger partial charge in [-0.1, -0.05) is 69.3 Å². The molecule has 2 atom stereocenters. The van der Waals surface area contributed by atoms with Crippen LogP contribution in [-0.2, 0) is 19.1 Å². The van der Waals surface area contributed by atoms with E-state index in [1.54, 1.807) is 0 Å². The van der Waals surface area contributed by atoms with Gasteiger partial charge in [-0.25, -0.2) is 9.59 Å². The van der Waals surface area contributed by atoms with Crippen molar-refractivity contribution in [1.82, 2.24) is 10.6 Å². The van der Waals surface area contributed by atoms with Gasteiger partial charge in [-0.2, -0.15) is 0 Å². The van der Waals surface area contributed by atoms with Gasteiger partial charge in [-0.05, 0) is 27.7 Å². The highest BCUT2D eigenvalue weighted by Crippen LogP contribution is 2.44. The van der Waals surface area contributed by atoms with Crippen molar-refractivity contribution < 1.29 is 29.0 Å². The Bertz CT molecular complexity index is 1070. The van der Waals surface area contributed by atoms with Crippen LogP contribution < -0.4 is 10.6 Å². The summed E-state index contributed by atoms with van der Waals surface area (Å²) in [5.74, 6) is -1.65. The molecular formula is C27H32N2O6. The maximum absolute atomic E-state index is 12.8. The molecule has 8 heteroatoms. The van der Waals surface area contributed by atoms with Crippen molar-refractivity contribution >= 4 is 18.0 Å². The largest absolute Gasteiger partial charge is 0.479 e. The van der Waals surface area contributed by atoms with E-state index in [-0.39, 0.29) is 38.6 Å². The molecule has 0 saturated carbocycles. The first-order valence-electron chi connectivity index (χ1n) is 11.8. The number of benzene rings is 2. The van der Waals surface area contributed by atoms with E-state index in [9.17, 15) is 19.5 Å². The third-order valence-electron chi connectivity index (χ3n) is 6.88. The van der Waals surface area contributed by atoms with E-state index in [1.807, 2.05) is 45.0 Å². The quantitative estimate of drug-likeness (QED) is 0.557. The highest BCUT2D eigenvalue weighted by atomic mass is 16.5. The highest BCUT2D eigenvalue weighted by Gasteiger charge is 2.44. The van der Waals surface area contributed by atoms with Crippen LogP contribution in [0, 0.1) is 5.41 Å². The van der Waals surface area contributed by atoms with Crippen LogP contribution in [0.4, 0.5) is 4.79 Å². The predicted octanol–water partition coefficient (Wildman–Crippen LogP) is 3.69. The standard InChI is InChI=1S/C27H32N2O6/c1-26(2,3)22(14-23(30)29-27(24(31)32)12-13-34-16-27)28-25(33)35-15-21-19-10-6-4-8-17(19)18-9-5-7-11-20(18)21/h4-11,21-22H,12-16H2,1-3H3,(H,28,33)(H,29,30)(H,31,32). The fourth-order valence-electron chi connectivity index (χ4n) is 4.75. The molecule has 186 valence electrons. The molecule has 35 heavy (non-hydrogen) atoms. The molecule has 1 aliphatic carbocycles. The number of hydrogen-bond acceptors (Lipinski definition) is 5. The predicted molar refractivity (Wildman–Crippen MR) is 130 cm³/mol. The average Bonchev–Trinajstić information content (AvgIpc) is 3.40. The van der Waals surface area contributed by atoms with E-state index in [0.717, 1.165) is 22.3 Å². The molecule has 1 heterocycles. The van der Waals surface area contributed by atoms with Crippen molar-refractivity contribution in [3.8, 4) is 11.1 Å². The first-order chi connectivity index (χ1) is 16.6. The van der Waals surface area contributed by atoms with E-state index >= 15 is 0 Å². The Morgan fingerprint density at radius 3 is 2.20 bits per heavy atom. The normalized spacial score (nSPS) is 20.0. The van der Waals surface area contributed by atoms with Crippen LogP contribution in [0.3, 0.4) is 0 Å². The van der Waals surface area contributed by atoms with E-state index in [2.05, 4.69) is 34.9 Å². The number of amides is 2. The second-order valence-corrected chi connectivity index (χ2v) is 10.3. The number of carboxylic acid groups (broad SMARTS) is 1. The van der Waals surface area contributed by atoms with Crippen molar-refractivity contribution in [2.24, 2.45) is 5.41 Å². The Labute approximate surface area is 205 Å². The van der Waals surface area contributed by atoms with Gasteiger partial charge in [-0.3, -0.25) is 4.79 Å². The van der Waals surface area contributed by atoms with Gasteiger partial charge in [0.15, 0.2) is 5.54 Å². The minimum Gasteiger partial charge on any atom is -0.479 e. The molecule has 1 fully saturated rings. The van der Waals surface area contributed by atoms with Gasteiger partial charge in [-0.15, -0.1) is 0 Å². The van der Waals surface area contributed by atoms with Gasteiger partial charge in [0, 0.05) is 31.4 Å². The third-order valence-corrected chi connectivity index (χ3v) is 6.88. The van der Waals surface area contributed by atoms with Gasteiger partial charge in [0.2, 0.25) is 5.91 Å². The lowest BCUT2D eigenvalue weighted by Gasteiger charge is -2.32. The van der Waals surface area contributed by atoms with Crippen LogP contribution in [0.25, 0.3) is 11.1 Å². The zero-order valence-corrected chi connectivity index (χ0v) is 20.3. The lowest BCUT2D eigenvalue weighted by atomic mass is 9.84. The van der Waals surface area contributed by atoms with Crippen molar-refractivity contribution in [1.29, 1.82) is 0 Å². The topological polar surface area (TPSA) is 114 Å². The van der Waals surface area contributed by atoms with Crippen LogP contribution in [0.5, 0.6) is 0 Å². The maximum Gasteiger partial charge on any atom is 0.407 e. The Hall–Kier alpha value is -3.39. The molecule has 2 aromatic carbocycles. The highest BCUT2D eigenvalue weighted by molar-refractivity contribution is 5.88. The summed E-state index contributed by atoms with van der Waals surface area (Å²) in [7, 11) is 0. The van der Waals surface area contributed by atoms with Gasteiger partial charge >= 0.3 is 12.1 Å². The summed E-state index contributed by atoms with van der Waals surface area (Å²) in [4.78, 5) is 37.3.